The molecule has 172 valence electrons. The summed E-state index contributed by atoms with van der Waals surface area (Å²) in [6.45, 7) is 0. The van der Waals surface area contributed by atoms with Crippen LogP contribution in [0.5, 0.6) is 0 Å². The topological polar surface area (TPSA) is 18.5 Å². The average molecular weight is 479 g/mol. The fourth-order valence-electron chi connectivity index (χ4n) is 4.24. The molecule has 2 nitrogen and oxygen atoms in total. The van der Waals surface area contributed by atoms with Crippen molar-refractivity contribution in [3.63, 3.8) is 0 Å². The van der Waals surface area contributed by atoms with Gasteiger partial charge < -0.3 is 0 Å². The maximum absolute atomic E-state index is 13.4. The molecule has 15 heteroatoms. The molecule has 1 spiro atoms. The third kappa shape index (κ3) is 2.73. The Balaban J connectivity index is 2.24. The number of benzene rings is 1. The summed E-state index contributed by atoms with van der Waals surface area (Å²) in [6, 6.07) is 1.32. The first-order chi connectivity index (χ1) is 13.3. The van der Waals surface area contributed by atoms with Gasteiger partial charge in [0.1, 0.15) is 0 Å². The fraction of sp³-hybridized carbons (Fsp3) is 0.600. The van der Waals surface area contributed by atoms with Gasteiger partial charge in [-0.15, -0.1) is 0 Å². The van der Waals surface area contributed by atoms with E-state index in [-0.39, 0.29) is 0 Å². The Morgan fingerprint density at radius 3 is 1.33 bits per heavy atom. The first kappa shape index (κ1) is 23.2. The molecule has 0 aromatic heterocycles. The Hall–Kier alpha value is -1.48. The molecule has 1 aromatic carbocycles. The van der Waals surface area contributed by atoms with Crippen LogP contribution in [0, 0.1) is 0 Å². The number of rotatable bonds is 1. The van der Waals surface area contributed by atoms with Gasteiger partial charge in [-0.05, 0) is 0 Å². The number of hydrogen-bond acceptors (Lipinski definition) is 2. The maximum atomic E-state index is 13.4. The average Bonchev–Trinajstić information content (AvgIpc) is 2.91. The molecule has 0 radical (unpaired) electrons. The first-order valence-electron chi connectivity index (χ1n) is 8.16. The molecule has 1 aromatic rings. The number of hydrogen-bond donors (Lipinski definition) is 0. The zero-order valence-electron chi connectivity index (χ0n) is 14.4. The summed E-state index contributed by atoms with van der Waals surface area (Å²) in [5, 5.41) is -0.669. The molecule has 3 rings (SSSR count). The predicted octanol–water partition coefficient (Wildman–Crippen LogP) is 5.47. The van der Waals surface area contributed by atoms with Gasteiger partial charge in [0.2, 0.25) is 0 Å². The van der Waals surface area contributed by atoms with Gasteiger partial charge in [0.25, 0.3) is 0 Å². The van der Waals surface area contributed by atoms with E-state index in [0.717, 1.165) is 24.3 Å². The molecular weight excluding hydrogens is 468 g/mol. The standard InChI is InChI=1S/C15H11F12O2Si/c16-12(17,18)10(13(19,20)21)6-7-30(28-10,9-4-2-1-3-5-9)8-11(29-30,14(22,23)24)15(25,26)27/h1-5H,6-8H2/q-1. The molecule has 0 unspecified atom stereocenters. The van der Waals surface area contributed by atoms with Crippen molar-refractivity contribution < 1.29 is 61.5 Å². The van der Waals surface area contributed by atoms with Crippen molar-refractivity contribution in [1.29, 1.82) is 0 Å². The van der Waals surface area contributed by atoms with Crippen LogP contribution < -0.4 is 5.19 Å². The van der Waals surface area contributed by atoms with Crippen molar-refractivity contribution in [1.82, 2.24) is 0 Å². The van der Waals surface area contributed by atoms with Crippen LogP contribution in [0.1, 0.15) is 6.42 Å². The Labute approximate surface area is 160 Å². The Bertz CT molecular complexity index is 787. The Morgan fingerprint density at radius 1 is 0.633 bits per heavy atom. The molecule has 0 saturated carbocycles. The molecule has 0 aliphatic carbocycles. The second-order valence-electron chi connectivity index (χ2n) is 7.36. The van der Waals surface area contributed by atoms with Crippen LogP contribution in [0.4, 0.5) is 52.7 Å². The monoisotopic (exact) mass is 479 g/mol. The third-order valence-electron chi connectivity index (χ3n) is 5.66. The van der Waals surface area contributed by atoms with E-state index < -0.39 is 67.4 Å². The minimum atomic E-state index is -6.23. The van der Waals surface area contributed by atoms with E-state index in [1.54, 1.807) is 0 Å². The van der Waals surface area contributed by atoms with E-state index in [0.29, 0.717) is 0 Å². The van der Waals surface area contributed by atoms with Crippen molar-refractivity contribution in [2.45, 2.75) is 54.4 Å². The van der Waals surface area contributed by atoms with Gasteiger partial charge in [0, 0.05) is 0 Å². The number of halogens is 12. The van der Waals surface area contributed by atoms with Gasteiger partial charge >= 0.3 is 159 Å². The molecule has 2 saturated heterocycles. The molecular formula is C15H11F12O2Si-. The van der Waals surface area contributed by atoms with E-state index in [1.165, 1.54) is 6.07 Å². The SMILES string of the molecule is FC(F)(F)C1(C(F)(F)F)CC[Si-]2(c3ccccc3)(CC(C(F)(F)F)(C(F)(F)F)O2)O1. The Kier molecular flexibility index (Phi) is 4.52. The van der Waals surface area contributed by atoms with Crippen molar-refractivity contribution in [3.05, 3.63) is 30.3 Å². The normalized spacial score (nSPS) is 26.6. The molecule has 0 N–H and O–H groups in total. The summed E-state index contributed by atoms with van der Waals surface area (Å²) in [6.07, 6.45) is -26.6. The summed E-state index contributed by atoms with van der Waals surface area (Å²) in [4.78, 5) is 0. The van der Waals surface area contributed by atoms with E-state index >= 15 is 0 Å². The van der Waals surface area contributed by atoms with Crippen LogP contribution in [0.25, 0.3) is 0 Å². The van der Waals surface area contributed by atoms with Gasteiger partial charge in [0.15, 0.2) is 0 Å². The molecule has 0 atom stereocenters. The summed E-state index contributed by atoms with van der Waals surface area (Å²) in [5.41, 5.74) is -9.89. The molecule has 30 heavy (non-hydrogen) atoms. The van der Waals surface area contributed by atoms with Crippen LogP contribution in [0.15, 0.2) is 30.3 Å². The molecule has 0 bridgehead atoms. The first-order valence-corrected chi connectivity index (χ1v) is 10.9. The molecule has 0 amide bonds. The summed E-state index contributed by atoms with van der Waals surface area (Å²) < 4.78 is 169. The third-order valence-corrected chi connectivity index (χ3v) is 11.4. The molecule has 2 fully saturated rings. The van der Waals surface area contributed by atoms with E-state index in [9.17, 15) is 52.7 Å². The molecule has 2 heterocycles. The molecule has 2 aliphatic heterocycles. The van der Waals surface area contributed by atoms with Gasteiger partial charge in [0.05, 0.1) is 0 Å². The zero-order valence-corrected chi connectivity index (χ0v) is 15.4. The van der Waals surface area contributed by atoms with Gasteiger partial charge in [-0.2, -0.15) is 0 Å². The van der Waals surface area contributed by atoms with Crippen molar-refractivity contribution >= 4 is 13.0 Å². The van der Waals surface area contributed by atoms with Crippen LogP contribution in [-0.4, -0.2) is 43.7 Å². The zero-order chi connectivity index (χ0) is 23.1. The second-order valence-corrected chi connectivity index (χ2v) is 12.1. The van der Waals surface area contributed by atoms with Crippen LogP contribution in [0.3, 0.4) is 0 Å². The summed E-state index contributed by atoms with van der Waals surface area (Å²) >= 11 is 0. The van der Waals surface area contributed by atoms with Crippen molar-refractivity contribution in [2.24, 2.45) is 0 Å². The number of alkyl halides is 12. The fourth-order valence-corrected chi connectivity index (χ4v) is 10.8. The quantitative estimate of drug-likeness (QED) is 0.393. The summed E-state index contributed by atoms with van der Waals surface area (Å²) in [7, 11) is -6.23. The predicted molar refractivity (Wildman–Crippen MR) is 77.9 cm³/mol. The van der Waals surface area contributed by atoms with Crippen LogP contribution in [-0.2, 0) is 8.85 Å². The van der Waals surface area contributed by atoms with E-state index in [4.69, 9.17) is 0 Å². The van der Waals surface area contributed by atoms with Gasteiger partial charge in [-0.3, -0.25) is 0 Å². The van der Waals surface area contributed by atoms with Gasteiger partial charge in [-0.1, -0.05) is 0 Å². The van der Waals surface area contributed by atoms with Gasteiger partial charge in [-0.25, -0.2) is 0 Å². The second kappa shape index (κ2) is 5.85. The van der Waals surface area contributed by atoms with Crippen LogP contribution >= 0.6 is 0 Å². The minimum absolute atomic E-state index is 0.669. The molecule has 2 aliphatic rings. The van der Waals surface area contributed by atoms with Crippen molar-refractivity contribution in [2.75, 3.05) is 0 Å². The van der Waals surface area contributed by atoms with E-state index in [2.05, 4.69) is 8.85 Å². The summed E-state index contributed by atoms with van der Waals surface area (Å²) in [5.74, 6) is 0. The van der Waals surface area contributed by atoms with Crippen LogP contribution in [0.2, 0.25) is 12.1 Å². The van der Waals surface area contributed by atoms with E-state index in [1.807, 2.05) is 0 Å². The Morgan fingerprint density at radius 2 is 1.00 bits per heavy atom. The van der Waals surface area contributed by atoms with Crippen molar-refractivity contribution in [3.8, 4) is 0 Å².